The van der Waals surface area contributed by atoms with E-state index in [0.29, 0.717) is 18.7 Å². The Balaban J connectivity index is 3.08. The van der Waals surface area contributed by atoms with Gasteiger partial charge in [-0.05, 0) is 31.4 Å². The number of likely N-dealkylation sites (N-methyl/N-ethyl adjacent to an activating group) is 1. The zero-order chi connectivity index (χ0) is 15.8. The summed E-state index contributed by atoms with van der Waals surface area (Å²) in [7, 11) is 0. The van der Waals surface area contributed by atoms with E-state index in [4.69, 9.17) is 5.11 Å². The van der Waals surface area contributed by atoms with Gasteiger partial charge in [0, 0.05) is 30.9 Å². The Hall–Kier alpha value is -1.62. The van der Waals surface area contributed by atoms with E-state index in [9.17, 15) is 4.79 Å². The fourth-order valence-electron chi connectivity index (χ4n) is 2.02. The summed E-state index contributed by atoms with van der Waals surface area (Å²) in [5.74, 6) is 0.940. The van der Waals surface area contributed by atoms with Crippen LogP contribution in [0, 0.1) is 0 Å². The van der Waals surface area contributed by atoms with Gasteiger partial charge in [-0.1, -0.05) is 20.8 Å². The summed E-state index contributed by atoms with van der Waals surface area (Å²) in [5.41, 5.74) is 1.53. The van der Waals surface area contributed by atoms with Gasteiger partial charge in [0.25, 0.3) is 5.91 Å². The average molecular weight is 293 g/mol. The number of nitrogens with zero attached hydrogens (tertiary/aromatic N) is 2. The van der Waals surface area contributed by atoms with Crippen LogP contribution in [0.2, 0.25) is 0 Å². The minimum atomic E-state index is -0.0598. The maximum atomic E-state index is 12.5. The van der Waals surface area contributed by atoms with Gasteiger partial charge in [0.15, 0.2) is 0 Å². The molecule has 0 aliphatic heterocycles. The van der Waals surface area contributed by atoms with Crippen LogP contribution in [-0.2, 0) is 0 Å². The van der Waals surface area contributed by atoms with E-state index in [1.807, 2.05) is 13.0 Å². The van der Waals surface area contributed by atoms with Crippen molar-refractivity contribution in [3.05, 3.63) is 23.4 Å². The SMILES string of the molecule is CCCNc1cc(C(=O)N(CC)CCO)cc(C(C)C)n1. The number of pyridine rings is 1. The Kier molecular flexibility index (Phi) is 7.15. The number of rotatable bonds is 8. The average Bonchev–Trinajstić information content (AvgIpc) is 2.49. The molecule has 1 amide bonds. The van der Waals surface area contributed by atoms with Gasteiger partial charge in [-0.2, -0.15) is 0 Å². The molecule has 118 valence electrons. The summed E-state index contributed by atoms with van der Waals surface area (Å²) >= 11 is 0. The first kappa shape index (κ1) is 17.4. The van der Waals surface area contributed by atoms with Gasteiger partial charge in [0.05, 0.1) is 6.61 Å². The molecule has 1 aromatic heterocycles. The van der Waals surface area contributed by atoms with Crippen LogP contribution < -0.4 is 5.32 Å². The molecule has 0 spiro atoms. The zero-order valence-electron chi connectivity index (χ0n) is 13.5. The summed E-state index contributed by atoms with van der Waals surface area (Å²) < 4.78 is 0. The van der Waals surface area contributed by atoms with Crippen LogP contribution >= 0.6 is 0 Å². The van der Waals surface area contributed by atoms with Crippen molar-refractivity contribution in [1.29, 1.82) is 0 Å². The molecule has 0 saturated heterocycles. The van der Waals surface area contributed by atoms with Gasteiger partial charge in [-0.25, -0.2) is 4.98 Å². The van der Waals surface area contributed by atoms with E-state index in [-0.39, 0.29) is 18.4 Å². The first-order chi connectivity index (χ1) is 10.0. The molecule has 0 saturated carbocycles. The smallest absolute Gasteiger partial charge is 0.254 e. The van der Waals surface area contributed by atoms with Gasteiger partial charge in [-0.3, -0.25) is 4.79 Å². The fraction of sp³-hybridized carbons (Fsp3) is 0.625. The molecule has 1 rings (SSSR count). The molecule has 0 aliphatic rings. The van der Waals surface area contributed by atoms with E-state index < -0.39 is 0 Å². The number of aliphatic hydroxyl groups excluding tert-OH is 1. The van der Waals surface area contributed by atoms with Crippen LogP contribution in [0.1, 0.15) is 56.1 Å². The van der Waals surface area contributed by atoms with Crippen molar-refractivity contribution in [2.24, 2.45) is 0 Å². The highest BCUT2D eigenvalue weighted by Crippen LogP contribution is 2.19. The second-order valence-electron chi connectivity index (χ2n) is 5.36. The van der Waals surface area contributed by atoms with Crippen molar-refractivity contribution < 1.29 is 9.90 Å². The molecule has 1 aromatic rings. The predicted octanol–water partition coefficient (Wildman–Crippen LogP) is 2.48. The van der Waals surface area contributed by atoms with Crippen LogP contribution in [0.5, 0.6) is 0 Å². The predicted molar refractivity (Wildman–Crippen MR) is 85.8 cm³/mol. The highest BCUT2D eigenvalue weighted by Gasteiger charge is 2.16. The molecule has 5 nitrogen and oxygen atoms in total. The lowest BCUT2D eigenvalue weighted by Crippen LogP contribution is -2.33. The van der Waals surface area contributed by atoms with Crippen LogP contribution in [-0.4, -0.2) is 47.1 Å². The highest BCUT2D eigenvalue weighted by molar-refractivity contribution is 5.95. The van der Waals surface area contributed by atoms with Crippen molar-refractivity contribution in [3.8, 4) is 0 Å². The Labute approximate surface area is 127 Å². The van der Waals surface area contributed by atoms with Crippen molar-refractivity contribution in [1.82, 2.24) is 9.88 Å². The van der Waals surface area contributed by atoms with Crippen LogP contribution in [0.25, 0.3) is 0 Å². The molecular formula is C16H27N3O2. The number of aliphatic hydroxyl groups is 1. The molecule has 0 bridgehead atoms. The monoisotopic (exact) mass is 293 g/mol. The van der Waals surface area contributed by atoms with Gasteiger partial charge >= 0.3 is 0 Å². The number of carbonyl (C=O) groups is 1. The normalized spacial score (nSPS) is 10.8. The molecule has 0 radical (unpaired) electrons. The van der Waals surface area contributed by atoms with Gasteiger partial charge in [-0.15, -0.1) is 0 Å². The van der Waals surface area contributed by atoms with Crippen LogP contribution in [0.3, 0.4) is 0 Å². The summed E-state index contributed by atoms with van der Waals surface area (Å²) in [6.45, 7) is 9.86. The third kappa shape index (κ3) is 5.01. The number of hydrogen-bond acceptors (Lipinski definition) is 4. The largest absolute Gasteiger partial charge is 0.395 e. The summed E-state index contributed by atoms with van der Waals surface area (Å²) in [6.07, 6.45) is 1.00. The number of amides is 1. The fourth-order valence-corrected chi connectivity index (χ4v) is 2.02. The minimum absolute atomic E-state index is 0.0252. The van der Waals surface area contributed by atoms with Crippen molar-refractivity contribution in [2.45, 2.75) is 40.0 Å². The topological polar surface area (TPSA) is 65.5 Å². The maximum absolute atomic E-state index is 12.5. The van der Waals surface area contributed by atoms with E-state index in [2.05, 4.69) is 31.1 Å². The molecule has 0 aliphatic carbocycles. The maximum Gasteiger partial charge on any atom is 0.254 e. The lowest BCUT2D eigenvalue weighted by atomic mass is 10.1. The van der Waals surface area contributed by atoms with Gasteiger partial charge < -0.3 is 15.3 Å². The molecular weight excluding hydrogens is 266 g/mol. The third-order valence-corrected chi connectivity index (χ3v) is 3.28. The highest BCUT2D eigenvalue weighted by atomic mass is 16.3. The summed E-state index contributed by atoms with van der Waals surface area (Å²) in [4.78, 5) is 18.7. The van der Waals surface area contributed by atoms with E-state index in [1.54, 1.807) is 11.0 Å². The number of anilines is 1. The Bertz CT molecular complexity index is 461. The van der Waals surface area contributed by atoms with E-state index in [1.165, 1.54) is 0 Å². The molecule has 1 heterocycles. The number of carbonyl (C=O) groups excluding carboxylic acids is 1. The second kappa shape index (κ2) is 8.62. The van der Waals surface area contributed by atoms with Crippen molar-refractivity contribution in [2.75, 3.05) is 31.6 Å². The minimum Gasteiger partial charge on any atom is -0.395 e. The van der Waals surface area contributed by atoms with Crippen molar-refractivity contribution >= 4 is 11.7 Å². The number of aromatic nitrogens is 1. The molecule has 2 N–H and O–H groups in total. The van der Waals surface area contributed by atoms with Crippen molar-refractivity contribution in [3.63, 3.8) is 0 Å². The third-order valence-electron chi connectivity index (χ3n) is 3.28. The van der Waals surface area contributed by atoms with E-state index in [0.717, 1.165) is 24.5 Å². The lowest BCUT2D eigenvalue weighted by Gasteiger charge is -2.21. The quantitative estimate of drug-likeness (QED) is 0.773. The van der Waals surface area contributed by atoms with Crippen LogP contribution in [0.15, 0.2) is 12.1 Å². The summed E-state index contributed by atoms with van der Waals surface area (Å²) in [5, 5.41) is 12.3. The van der Waals surface area contributed by atoms with E-state index >= 15 is 0 Å². The molecule has 21 heavy (non-hydrogen) atoms. The standard InChI is InChI=1S/C16H27N3O2/c1-5-7-17-15-11-13(10-14(18-15)12(3)4)16(21)19(6-2)8-9-20/h10-12,20H,5-9H2,1-4H3,(H,17,18). The molecule has 0 aromatic carbocycles. The lowest BCUT2D eigenvalue weighted by molar-refractivity contribution is 0.0732. The molecule has 0 atom stereocenters. The number of nitrogens with one attached hydrogen (secondary N) is 1. The molecule has 5 heteroatoms. The molecule has 0 unspecified atom stereocenters. The second-order valence-corrected chi connectivity index (χ2v) is 5.36. The van der Waals surface area contributed by atoms with Crippen LogP contribution in [0.4, 0.5) is 5.82 Å². The Morgan fingerprint density at radius 1 is 1.38 bits per heavy atom. The molecule has 0 fully saturated rings. The zero-order valence-corrected chi connectivity index (χ0v) is 13.5. The van der Waals surface area contributed by atoms with Gasteiger partial charge in [0.1, 0.15) is 5.82 Å². The summed E-state index contributed by atoms with van der Waals surface area (Å²) in [6, 6.07) is 3.65. The first-order valence-corrected chi connectivity index (χ1v) is 7.69. The van der Waals surface area contributed by atoms with Gasteiger partial charge in [0.2, 0.25) is 0 Å². The first-order valence-electron chi connectivity index (χ1n) is 7.69. The Morgan fingerprint density at radius 2 is 2.10 bits per heavy atom. The Morgan fingerprint density at radius 3 is 2.62 bits per heavy atom. The number of hydrogen-bond donors (Lipinski definition) is 2.